The highest BCUT2D eigenvalue weighted by Gasteiger charge is 2.52. The van der Waals surface area contributed by atoms with Crippen molar-refractivity contribution < 1.29 is 29.2 Å². The van der Waals surface area contributed by atoms with Crippen LogP contribution in [-0.4, -0.2) is 57.8 Å². The molecular weight excluding hydrogens is 322 g/mol. The minimum Gasteiger partial charge on any atom is -0.387 e. The van der Waals surface area contributed by atoms with E-state index in [1.807, 2.05) is 0 Å². The Bertz CT molecular complexity index is 534. The number of nitrogens with zero attached hydrogens (tertiary/aromatic N) is 1. The van der Waals surface area contributed by atoms with E-state index in [0.717, 1.165) is 0 Å². The zero-order chi connectivity index (χ0) is 16.8. The zero-order valence-electron chi connectivity index (χ0n) is 13.6. The van der Waals surface area contributed by atoms with Crippen LogP contribution in [0.4, 0.5) is 0 Å². The Morgan fingerprint density at radius 1 is 1.13 bits per heavy atom. The third-order valence-electron chi connectivity index (χ3n) is 3.93. The van der Waals surface area contributed by atoms with E-state index in [-0.39, 0.29) is 6.61 Å². The Kier molecular flexibility index (Phi) is 4.52. The summed E-state index contributed by atoms with van der Waals surface area (Å²) in [5.41, 5.74) is 0. The molecular formula is C15H23NO6S. The molecule has 2 fully saturated rings. The first-order valence-corrected chi connectivity index (χ1v) is 8.49. The van der Waals surface area contributed by atoms with E-state index < -0.39 is 42.1 Å². The topological polar surface area (TPSA) is 90.3 Å². The Morgan fingerprint density at radius 2 is 1.83 bits per heavy atom. The van der Waals surface area contributed by atoms with Crippen LogP contribution >= 0.6 is 11.3 Å². The lowest BCUT2D eigenvalue weighted by Gasteiger charge is -2.28. The molecule has 0 aromatic carbocycles. The molecule has 2 aliphatic rings. The maximum atomic E-state index is 10.7. The summed E-state index contributed by atoms with van der Waals surface area (Å²) in [6.45, 7) is 7.33. The third kappa shape index (κ3) is 3.58. The van der Waals surface area contributed by atoms with Gasteiger partial charge in [-0.1, -0.05) is 0 Å². The van der Waals surface area contributed by atoms with E-state index in [4.69, 9.17) is 18.9 Å². The van der Waals surface area contributed by atoms with Gasteiger partial charge < -0.3 is 29.2 Å². The predicted molar refractivity (Wildman–Crippen MR) is 81.8 cm³/mol. The standard InChI is InChI=1S/C15H23NO6S/c1-14(2)19-7-8(20-14)9(17)11-12(22-15(3,4)21-11)10(18)13-16-5-6-23-13/h5-6,8-12,17-18H,7H2,1-4H3/t8-,9-,10?,11+,12-/m1/s1. The average molecular weight is 345 g/mol. The van der Waals surface area contributed by atoms with E-state index in [2.05, 4.69) is 4.98 Å². The maximum absolute atomic E-state index is 10.7. The lowest BCUT2D eigenvalue weighted by Crippen LogP contribution is -2.46. The SMILES string of the molecule is CC1(C)O[C@@H]([C@H](O)[C@H]2COC(C)(C)O2)[C@@H](C(O)c2nccs2)O1. The summed E-state index contributed by atoms with van der Waals surface area (Å²) in [6.07, 6.45) is -2.38. The van der Waals surface area contributed by atoms with Crippen molar-refractivity contribution in [2.45, 2.75) is 69.8 Å². The molecule has 1 unspecified atom stereocenters. The van der Waals surface area contributed by atoms with Crippen LogP contribution in [0.5, 0.6) is 0 Å². The van der Waals surface area contributed by atoms with Crippen LogP contribution in [0.2, 0.25) is 0 Å². The molecule has 0 spiro atoms. The number of aliphatic hydroxyl groups is 2. The van der Waals surface area contributed by atoms with E-state index in [9.17, 15) is 10.2 Å². The average Bonchev–Trinajstić information content (AvgIpc) is 3.15. The molecule has 1 aromatic rings. The largest absolute Gasteiger partial charge is 0.387 e. The molecule has 2 saturated heterocycles. The van der Waals surface area contributed by atoms with Crippen molar-refractivity contribution in [1.29, 1.82) is 0 Å². The summed E-state index contributed by atoms with van der Waals surface area (Å²) < 4.78 is 22.9. The molecule has 0 saturated carbocycles. The summed E-state index contributed by atoms with van der Waals surface area (Å²) in [4.78, 5) is 4.12. The van der Waals surface area contributed by atoms with Gasteiger partial charge in [0.05, 0.1) is 6.61 Å². The quantitative estimate of drug-likeness (QED) is 0.847. The monoisotopic (exact) mass is 345 g/mol. The molecule has 0 aliphatic carbocycles. The van der Waals surface area contributed by atoms with Crippen molar-refractivity contribution in [2.75, 3.05) is 6.61 Å². The normalized spacial score (nSPS) is 35.3. The highest BCUT2D eigenvalue weighted by Crippen LogP contribution is 2.39. The maximum Gasteiger partial charge on any atom is 0.164 e. The van der Waals surface area contributed by atoms with Gasteiger partial charge in [-0.2, -0.15) is 0 Å². The van der Waals surface area contributed by atoms with Crippen LogP contribution in [0.3, 0.4) is 0 Å². The van der Waals surface area contributed by atoms with Gasteiger partial charge in [0, 0.05) is 11.6 Å². The molecule has 0 radical (unpaired) electrons. The molecule has 3 rings (SSSR count). The second kappa shape index (κ2) is 6.03. The number of aliphatic hydroxyl groups excluding tert-OH is 2. The van der Waals surface area contributed by atoms with Crippen molar-refractivity contribution in [2.24, 2.45) is 0 Å². The summed E-state index contributed by atoms with van der Waals surface area (Å²) in [5, 5.41) is 23.6. The van der Waals surface area contributed by atoms with E-state index in [1.165, 1.54) is 11.3 Å². The van der Waals surface area contributed by atoms with Gasteiger partial charge in [0.25, 0.3) is 0 Å². The van der Waals surface area contributed by atoms with E-state index >= 15 is 0 Å². The smallest absolute Gasteiger partial charge is 0.164 e. The van der Waals surface area contributed by atoms with Crippen molar-refractivity contribution >= 4 is 11.3 Å². The fraction of sp³-hybridized carbons (Fsp3) is 0.800. The second-order valence-electron chi connectivity index (χ2n) is 6.74. The Labute approximate surface area is 139 Å². The highest BCUT2D eigenvalue weighted by atomic mass is 32.1. The number of thiazole rings is 1. The van der Waals surface area contributed by atoms with Crippen LogP contribution in [0, 0.1) is 0 Å². The molecule has 130 valence electrons. The van der Waals surface area contributed by atoms with Gasteiger partial charge in [-0.25, -0.2) is 4.98 Å². The first kappa shape index (κ1) is 17.2. The fourth-order valence-electron chi connectivity index (χ4n) is 2.94. The van der Waals surface area contributed by atoms with Crippen LogP contribution in [0.25, 0.3) is 0 Å². The number of rotatable bonds is 4. The Morgan fingerprint density at radius 3 is 2.39 bits per heavy atom. The van der Waals surface area contributed by atoms with Gasteiger partial charge in [-0.3, -0.25) is 0 Å². The summed E-state index contributed by atoms with van der Waals surface area (Å²) in [6, 6.07) is 0. The zero-order valence-corrected chi connectivity index (χ0v) is 14.4. The number of hydrogen-bond acceptors (Lipinski definition) is 8. The van der Waals surface area contributed by atoms with Gasteiger partial charge >= 0.3 is 0 Å². The second-order valence-corrected chi connectivity index (χ2v) is 7.66. The molecule has 23 heavy (non-hydrogen) atoms. The van der Waals surface area contributed by atoms with Crippen molar-refractivity contribution in [3.05, 3.63) is 16.6 Å². The molecule has 8 heteroatoms. The van der Waals surface area contributed by atoms with Crippen LogP contribution in [0.15, 0.2) is 11.6 Å². The molecule has 3 heterocycles. The highest BCUT2D eigenvalue weighted by molar-refractivity contribution is 7.09. The van der Waals surface area contributed by atoms with Gasteiger partial charge in [-0.15, -0.1) is 11.3 Å². The summed E-state index contributed by atoms with van der Waals surface area (Å²) >= 11 is 1.33. The minimum atomic E-state index is -0.988. The molecule has 1 aromatic heterocycles. The van der Waals surface area contributed by atoms with Crippen molar-refractivity contribution in [3.63, 3.8) is 0 Å². The molecule has 7 nitrogen and oxygen atoms in total. The van der Waals surface area contributed by atoms with Crippen LogP contribution < -0.4 is 0 Å². The fourth-order valence-corrected chi connectivity index (χ4v) is 3.60. The Hall–Kier alpha value is -0.610. The number of aromatic nitrogens is 1. The summed E-state index contributed by atoms with van der Waals surface area (Å²) in [5.74, 6) is -1.66. The molecule has 5 atom stereocenters. The molecule has 2 N–H and O–H groups in total. The molecule has 0 amide bonds. The first-order chi connectivity index (χ1) is 10.7. The molecule has 2 aliphatic heterocycles. The van der Waals surface area contributed by atoms with Gasteiger partial charge in [-0.05, 0) is 27.7 Å². The lowest BCUT2D eigenvalue weighted by molar-refractivity contribution is -0.179. The van der Waals surface area contributed by atoms with Gasteiger partial charge in [0.2, 0.25) is 0 Å². The van der Waals surface area contributed by atoms with Gasteiger partial charge in [0.1, 0.15) is 35.5 Å². The van der Waals surface area contributed by atoms with E-state index in [0.29, 0.717) is 5.01 Å². The van der Waals surface area contributed by atoms with Crippen molar-refractivity contribution in [3.8, 4) is 0 Å². The molecule has 0 bridgehead atoms. The lowest BCUT2D eigenvalue weighted by atomic mass is 9.99. The number of ether oxygens (including phenoxy) is 4. The van der Waals surface area contributed by atoms with Gasteiger partial charge in [0.15, 0.2) is 11.6 Å². The van der Waals surface area contributed by atoms with Crippen LogP contribution in [-0.2, 0) is 18.9 Å². The summed E-state index contributed by atoms with van der Waals surface area (Å²) in [7, 11) is 0. The third-order valence-corrected chi connectivity index (χ3v) is 4.77. The van der Waals surface area contributed by atoms with Crippen molar-refractivity contribution in [1.82, 2.24) is 4.98 Å². The van der Waals surface area contributed by atoms with Crippen LogP contribution in [0.1, 0.15) is 38.8 Å². The predicted octanol–water partition coefficient (Wildman–Crippen LogP) is 1.21. The van der Waals surface area contributed by atoms with E-state index in [1.54, 1.807) is 39.3 Å². The minimum absolute atomic E-state index is 0.258. The first-order valence-electron chi connectivity index (χ1n) is 7.61. The Balaban J connectivity index is 1.78. The number of hydrogen-bond donors (Lipinski definition) is 2.